The minimum Gasteiger partial charge on any atom is -0.504 e. The summed E-state index contributed by atoms with van der Waals surface area (Å²) < 4.78 is 7.06. The van der Waals surface area contributed by atoms with Crippen molar-refractivity contribution in [3.8, 4) is 17.2 Å². The number of para-hydroxylation sites is 1. The molecule has 0 unspecified atom stereocenters. The highest BCUT2D eigenvalue weighted by atomic mass is 16.5. The zero-order valence-electron chi connectivity index (χ0n) is 13.6. The molecule has 1 aliphatic heterocycles. The second-order valence-corrected chi connectivity index (χ2v) is 5.92. The number of nitrogens with one attached hydrogen (secondary N) is 1. The maximum Gasteiger partial charge on any atom is 0.226 e. The Morgan fingerprint density at radius 3 is 2.80 bits per heavy atom. The Labute approximate surface area is 144 Å². The molecule has 1 aliphatic rings. The van der Waals surface area contributed by atoms with Gasteiger partial charge in [-0.05, 0) is 29.8 Å². The van der Waals surface area contributed by atoms with Crippen molar-refractivity contribution in [2.24, 2.45) is 0 Å². The van der Waals surface area contributed by atoms with Gasteiger partial charge in [-0.15, -0.1) is 0 Å². The first kappa shape index (κ1) is 15.3. The number of rotatable bonds is 3. The van der Waals surface area contributed by atoms with Crippen molar-refractivity contribution in [2.45, 2.75) is 12.3 Å². The second kappa shape index (κ2) is 5.98. The lowest BCUT2D eigenvalue weighted by Gasteiger charge is -2.23. The molecule has 2 heterocycles. The number of ether oxygens (including phenoxy) is 1. The number of hydrogen-bond acceptors (Lipinski definition) is 4. The van der Waals surface area contributed by atoms with E-state index in [1.807, 2.05) is 34.9 Å². The lowest BCUT2D eigenvalue weighted by atomic mass is 9.89. The molecule has 4 rings (SSSR count). The van der Waals surface area contributed by atoms with Crippen LogP contribution < -0.4 is 10.1 Å². The normalized spacial score (nSPS) is 16.2. The molecule has 3 aromatic rings. The smallest absolute Gasteiger partial charge is 0.226 e. The molecule has 1 amide bonds. The van der Waals surface area contributed by atoms with Gasteiger partial charge in [0, 0.05) is 18.0 Å². The van der Waals surface area contributed by atoms with Crippen LogP contribution in [-0.2, 0) is 4.79 Å². The van der Waals surface area contributed by atoms with E-state index in [1.54, 1.807) is 24.5 Å². The number of carbonyl (C=O) groups excluding carboxylic acids is 1. The summed E-state index contributed by atoms with van der Waals surface area (Å²) in [6.45, 7) is 0. The average Bonchev–Trinajstić information content (AvgIpc) is 3.06. The highest BCUT2D eigenvalue weighted by Crippen LogP contribution is 2.39. The van der Waals surface area contributed by atoms with E-state index in [1.165, 1.54) is 7.11 Å². The monoisotopic (exact) mass is 335 g/mol. The van der Waals surface area contributed by atoms with Gasteiger partial charge in [0.25, 0.3) is 0 Å². The van der Waals surface area contributed by atoms with Crippen molar-refractivity contribution in [2.75, 3.05) is 12.4 Å². The first-order chi connectivity index (χ1) is 12.2. The fourth-order valence-electron chi connectivity index (χ4n) is 3.18. The Bertz CT molecular complexity index is 934. The van der Waals surface area contributed by atoms with Crippen LogP contribution in [0.2, 0.25) is 0 Å². The van der Waals surface area contributed by atoms with Gasteiger partial charge in [-0.25, -0.2) is 4.98 Å². The number of anilines is 1. The molecule has 1 aromatic heterocycles. The van der Waals surface area contributed by atoms with E-state index in [0.29, 0.717) is 18.0 Å². The van der Waals surface area contributed by atoms with Gasteiger partial charge in [-0.1, -0.05) is 24.3 Å². The molecule has 0 aliphatic carbocycles. The molecule has 0 saturated carbocycles. The van der Waals surface area contributed by atoms with Crippen molar-refractivity contribution < 1.29 is 14.6 Å². The third-order valence-electron chi connectivity index (χ3n) is 4.41. The van der Waals surface area contributed by atoms with Crippen LogP contribution in [-0.4, -0.2) is 27.7 Å². The van der Waals surface area contributed by atoms with Crippen molar-refractivity contribution in [3.63, 3.8) is 0 Å². The Hall–Kier alpha value is -3.28. The number of methoxy groups -OCH3 is 1. The summed E-state index contributed by atoms with van der Waals surface area (Å²) in [5.41, 5.74) is 2.61. The largest absolute Gasteiger partial charge is 0.504 e. The summed E-state index contributed by atoms with van der Waals surface area (Å²) in [5.74, 6) is 0.874. The molecule has 6 heteroatoms. The van der Waals surface area contributed by atoms with Gasteiger partial charge in [-0.2, -0.15) is 0 Å². The van der Waals surface area contributed by atoms with Gasteiger partial charge >= 0.3 is 0 Å². The van der Waals surface area contributed by atoms with Crippen molar-refractivity contribution in [1.29, 1.82) is 0 Å². The summed E-state index contributed by atoms with van der Waals surface area (Å²) in [4.78, 5) is 16.8. The van der Waals surface area contributed by atoms with Crippen LogP contribution in [0.15, 0.2) is 54.9 Å². The molecule has 6 nitrogen and oxygen atoms in total. The van der Waals surface area contributed by atoms with Gasteiger partial charge in [0.1, 0.15) is 12.1 Å². The molecule has 0 radical (unpaired) electrons. The van der Waals surface area contributed by atoms with Gasteiger partial charge < -0.3 is 15.2 Å². The molecular weight excluding hydrogens is 318 g/mol. The zero-order valence-corrected chi connectivity index (χ0v) is 13.6. The summed E-state index contributed by atoms with van der Waals surface area (Å²) in [6.07, 6.45) is 2.02. The molecule has 2 N–H and O–H groups in total. The Morgan fingerprint density at radius 2 is 2.04 bits per heavy atom. The number of hydrogen-bond donors (Lipinski definition) is 2. The van der Waals surface area contributed by atoms with Crippen LogP contribution in [0.1, 0.15) is 23.6 Å². The number of phenolic OH excluding ortho intramolecular Hbond substituents is 1. The first-order valence-electron chi connectivity index (χ1n) is 7.97. The number of nitrogens with zero attached hydrogens (tertiary/aromatic N) is 2. The van der Waals surface area contributed by atoms with E-state index in [4.69, 9.17) is 4.74 Å². The molecular formula is C19H17N3O3. The van der Waals surface area contributed by atoms with Crippen LogP contribution >= 0.6 is 0 Å². The molecule has 0 spiro atoms. The van der Waals surface area contributed by atoms with E-state index >= 15 is 0 Å². The van der Waals surface area contributed by atoms with Crippen molar-refractivity contribution in [1.82, 2.24) is 9.55 Å². The molecule has 2 aromatic carbocycles. The molecule has 0 fully saturated rings. The second-order valence-electron chi connectivity index (χ2n) is 5.92. The average molecular weight is 335 g/mol. The molecule has 0 bridgehead atoms. The van der Waals surface area contributed by atoms with E-state index in [2.05, 4.69) is 10.3 Å². The first-order valence-corrected chi connectivity index (χ1v) is 7.97. The third-order valence-corrected chi connectivity index (χ3v) is 4.41. The highest BCUT2D eigenvalue weighted by molar-refractivity contribution is 5.94. The quantitative estimate of drug-likeness (QED) is 0.771. The number of imidazole rings is 1. The minimum atomic E-state index is -0.191. The molecule has 25 heavy (non-hydrogen) atoms. The maximum absolute atomic E-state index is 12.3. The van der Waals surface area contributed by atoms with Gasteiger partial charge in [-0.3, -0.25) is 9.36 Å². The third kappa shape index (κ3) is 2.61. The van der Waals surface area contributed by atoms with Crippen molar-refractivity contribution in [3.05, 3.63) is 66.1 Å². The lowest BCUT2D eigenvalue weighted by molar-refractivity contribution is -0.116. The Kier molecular flexibility index (Phi) is 3.65. The summed E-state index contributed by atoms with van der Waals surface area (Å²) >= 11 is 0. The number of fused-ring (bicyclic) bond motifs is 1. The molecule has 0 saturated heterocycles. The summed E-state index contributed by atoms with van der Waals surface area (Å²) in [7, 11) is 1.50. The van der Waals surface area contributed by atoms with Crippen LogP contribution in [0.4, 0.5) is 5.82 Å². The lowest BCUT2D eigenvalue weighted by Crippen LogP contribution is -2.24. The number of carbonyl (C=O) groups is 1. The van der Waals surface area contributed by atoms with Gasteiger partial charge in [0.05, 0.1) is 12.8 Å². The van der Waals surface area contributed by atoms with Crippen molar-refractivity contribution >= 4 is 11.7 Å². The van der Waals surface area contributed by atoms with E-state index in [9.17, 15) is 9.90 Å². The molecule has 126 valence electrons. The van der Waals surface area contributed by atoms with Gasteiger partial charge in [0.15, 0.2) is 11.5 Å². The number of aromatic nitrogens is 2. The number of phenols is 1. The van der Waals surface area contributed by atoms with Crippen LogP contribution in [0.25, 0.3) is 5.69 Å². The predicted molar refractivity (Wildman–Crippen MR) is 93.3 cm³/mol. The Balaban J connectivity index is 1.81. The fraction of sp³-hybridized carbons (Fsp3) is 0.158. The fourth-order valence-corrected chi connectivity index (χ4v) is 3.18. The number of benzene rings is 2. The SMILES string of the molecule is COc1cc([C@@H]2CC(=O)Nc3c2ncn3-c2ccccc2)ccc1O. The summed E-state index contributed by atoms with van der Waals surface area (Å²) in [5, 5.41) is 12.7. The highest BCUT2D eigenvalue weighted by Gasteiger charge is 2.31. The van der Waals surface area contributed by atoms with E-state index in [0.717, 1.165) is 16.9 Å². The van der Waals surface area contributed by atoms with E-state index in [-0.39, 0.29) is 17.6 Å². The topological polar surface area (TPSA) is 76.4 Å². The zero-order chi connectivity index (χ0) is 17.4. The van der Waals surface area contributed by atoms with Crippen LogP contribution in [0.3, 0.4) is 0 Å². The Morgan fingerprint density at radius 1 is 1.24 bits per heavy atom. The van der Waals surface area contributed by atoms with E-state index < -0.39 is 0 Å². The molecule has 1 atom stereocenters. The van der Waals surface area contributed by atoms with Crippen LogP contribution in [0.5, 0.6) is 11.5 Å². The summed E-state index contributed by atoms with van der Waals surface area (Å²) in [6, 6.07) is 14.9. The standard InChI is InChI=1S/C19H17N3O3/c1-25-16-9-12(7-8-15(16)23)14-10-17(24)21-19-18(14)20-11-22(19)13-5-3-2-4-6-13/h2-9,11,14,23H,10H2,1H3,(H,21,24)/t14-/m0/s1. The number of aromatic hydroxyl groups is 1. The maximum atomic E-state index is 12.3. The van der Waals surface area contributed by atoms with Gasteiger partial charge in [0.2, 0.25) is 5.91 Å². The number of amides is 1. The minimum absolute atomic E-state index is 0.0674. The predicted octanol–water partition coefficient (Wildman–Crippen LogP) is 3.06. The van der Waals surface area contributed by atoms with Crippen LogP contribution in [0, 0.1) is 0 Å².